The molecule has 0 unspecified atom stereocenters. The summed E-state index contributed by atoms with van der Waals surface area (Å²) in [6.45, 7) is 1.17. The Hall–Kier alpha value is -2.26. The van der Waals surface area contributed by atoms with Crippen molar-refractivity contribution in [2.24, 2.45) is 0 Å². The summed E-state index contributed by atoms with van der Waals surface area (Å²) in [6.07, 6.45) is 2.71. The highest BCUT2D eigenvalue weighted by atomic mass is 32.2. The van der Waals surface area contributed by atoms with Gasteiger partial charge in [0, 0.05) is 6.54 Å². The van der Waals surface area contributed by atoms with E-state index in [1.165, 1.54) is 18.2 Å². The average molecular weight is 341 g/mol. The number of aliphatic carboxylic acids is 1. The Kier molecular flexibility index (Phi) is 5.12. The number of aromatic nitrogens is 2. The molecular formula is C14H16FN3O4S. The molecule has 9 heteroatoms. The SMILES string of the molecule is CCCN(CC(=O)O)S(=O)(=O)c1cnn(-c2ccccc2F)c1. The monoisotopic (exact) mass is 341 g/mol. The molecule has 1 N–H and O–H groups in total. The standard InChI is InChI=1S/C14H16FN3O4S/c1-2-7-17(10-14(19)20)23(21,22)11-8-16-18(9-11)13-6-4-3-5-12(13)15/h3-6,8-9H,2,7,10H2,1H3,(H,19,20). The van der Waals surface area contributed by atoms with Crippen LogP contribution in [0.25, 0.3) is 5.69 Å². The Morgan fingerprint density at radius 3 is 2.70 bits per heavy atom. The summed E-state index contributed by atoms with van der Waals surface area (Å²) in [5.41, 5.74) is 0.106. The molecular weight excluding hydrogens is 325 g/mol. The minimum absolute atomic E-state index is 0.0690. The molecule has 1 heterocycles. The van der Waals surface area contributed by atoms with Crippen LogP contribution in [-0.2, 0) is 14.8 Å². The lowest BCUT2D eigenvalue weighted by molar-refractivity contribution is -0.137. The molecule has 0 aliphatic carbocycles. The zero-order valence-electron chi connectivity index (χ0n) is 12.4. The highest BCUT2D eigenvalue weighted by Gasteiger charge is 2.27. The molecule has 0 aliphatic heterocycles. The summed E-state index contributed by atoms with van der Waals surface area (Å²) in [6, 6.07) is 5.80. The number of carbonyl (C=O) groups is 1. The van der Waals surface area contributed by atoms with E-state index >= 15 is 0 Å². The van der Waals surface area contributed by atoms with Gasteiger partial charge in [-0.3, -0.25) is 4.79 Å². The van der Waals surface area contributed by atoms with Crippen molar-refractivity contribution in [1.82, 2.24) is 14.1 Å². The second-order valence-electron chi connectivity index (χ2n) is 4.80. The number of para-hydroxylation sites is 1. The smallest absolute Gasteiger partial charge is 0.318 e. The predicted molar refractivity (Wildman–Crippen MR) is 80.2 cm³/mol. The average Bonchev–Trinajstić information content (AvgIpc) is 2.97. The van der Waals surface area contributed by atoms with Crippen molar-refractivity contribution in [3.8, 4) is 5.69 Å². The van der Waals surface area contributed by atoms with E-state index in [0.717, 1.165) is 21.4 Å². The summed E-state index contributed by atoms with van der Waals surface area (Å²) in [5, 5.41) is 12.7. The summed E-state index contributed by atoms with van der Waals surface area (Å²) in [7, 11) is -4.01. The first kappa shape index (κ1) is 17.1. The van der Waals surface area contributed by atoms with Gasteiger partial charge in [0.15, 0.2) is 0 Å². The quantitative estimate of drug-likeness (QED) is 0.824. The van der Waals surface area contributed by atoms with Crippen LogP contribution in [-0.4, -0.2) is 46.7 Å². The van der Waals surface area contributed by atoms with Crippen LogP contribution in [0.4, 0.5) is 4.39 Å². The largest absolute Gasteiger partial charge is 0.480 e. The minimum Gasteiger partial charge on any atom is -0.480 e. The van der Waals surface area contributed by atoms with E-state index < -0.39 is 28.4 Å². The van der Waals surface area contributed by atoms with Crippen LogP contribution in [0.2, 0.25) is 0 Å². The first-order chi connectivity index (χ1) is 10.9. The summed E-state index contributed by atoms with van der Waals surface area (Å²) < 4.78 is 40.7. The molecule has 0 saturated heterocycles. The van der Waals surface area contributed by atoms with Gasteiger partial charge < -0.3 is 5.11 Å². The van der Waals surface area contributed by atoms with Gasteiger partial charge in [-0.25, -0.2) is 17.5 Å². The van der Waals surface area contributed by atoms with Crippen LogP contribution in [0, 0.1) is 5.82 Å². The van der Waals surface area contributed by atoms with E-state index in [1.807, 2.05) is 0 Å². The Morgan fingerprint density at radius 2 is 2.09 bits per heavy atom. The van der Waals surface area contributed by atoms with Crippen LogP contribution in [0.3, 0.4) is 0 Å². The molecule has 0 radical (unpaired) electrons. The third-order valence-electron chi connectivity index (χ3n) is 3.08. The van der Waals surface area contributed by atoms with Crippen molar-refractivity contribution in [3.05, 3.63) is 42.5 Å². The zero-order chi connectivity index (χ0) is 17.0. The van der Waals surface area contributed by atoms with Crippen molar-refractivity contribution in [3.63, 3.8) is 0 Å². The Balaban J connectivity index is 2.38. The Labute approximate surface area is 133 Å². The van der Waals surface area contributed by atoms with Gasteiger partial charge in [0.05, 0.1) is 12.4 Å². The van der Waals surface area contributed by atoms with Crippen molar-refractivity contribution in [2.45, 2.75) is 18.2 Å². The number of hydrogen-bond donors (Lipinski definition) is 1. The second-order valence-corrected chi connectivity index (χ2v) is 6.74. The van der Waals surface area contributed by atoms with Crippen molar-refractivity contribution in [2.75, 3.05) is 13.1 Å². The molecule has 0 atom stereocenters. The van der Waals surface area contributed by atoms with Crippen LogP contribution in [0.1, 0.15) is 13.3 Å². The van der Waals surface area contributed by atoms with Gasteiger partial charge in [0.25, 0.3) is 0 Å². The highest BCUT2D eigenvalue weighted by Crippen LogP contribution is 2.18. The molecule has 1 aromatic carbocycles. The van der Waals surface area contributed by atoms with E-state index in [0.29, 0.717) is 6.42 Å². The third kappa shape index (κ3) is 3.74. The van der Waals surface area contributed by atoms with Gasteiger partial charge in [-0.05, 0) is 18.6 Å². The van der Waals surface area contributed by atoms with Crippen LogP contribution in [0.15, 0.2) is 41.6 Å². The minimum atomic E-state index is -4.01. The molecule has 1 aromatic heterocycles. The lowest BCUT2D eigenvalue weighted by Gasteiger charge is -2.18. The van der Waals surface area contributed by atoms with Gasteiger partial charge in [-0.1, -0.05) is 19.1 Å². The number of carboxylic acids is 1. The molecule has 0 aliphatic rings. The molecule has 0 bridgehead atoms. The molecule has 0 saturated carbocycles. The number of halogens is 1. The van der Waals surface area contributed by atoms with Gasteiger partial charge in [0.1, 0.15) is 22.9 Å². The summed E-state index contributed by atoms with van der Waals surface area (Å²) >= 11 is 0. The van der Waals surface area contributed by atoms with Crippen molar-refractivity contribution in [1.29, 1.82) is 0 Å². The van der Waals surface area contributed by atoms with Gasteiger partial charge in [0.2, 0.25) is 10.0 Å². The topological polar surface area (TPSA) is 92.5 Å². The maximum atomic E-state index is 13.7. The highest BCUT2D eigenvalue weighted by molar-refractivity contribution is 7.89. The zero-order valence-corrected chi connectivity index (χ0v) is 13.2. The van der Waals surface area contributed by atoms with E-state index in [9.17, 15) is 17.6 Å². The summed E-state index contributed by atoms with van der Waals surface area (Å²) in [5.74, 6) is -1.79. The third-order valence-corrected chi connectivity index (χ3v) is 4.88. The van der Waals surface area contributed by atoms with Crippen LogP contribution >= 0.6 is 0 Å². The Bertz CT molecular complexity index is 804. The molecule has 0 spiro atoms. The van der Waals surface area contributed by atoms with Gasteiger partial charge >= 0.3 is 5.97 Å². The number of sulfonamides is 1. The fraction of sp³-hybridized carbons (Fsp3) is 0.286. The number of hydrogen-bond acceptors (Lipinski definition) is 4. The number of nitrogens with zero attached hydrogens (tertiary/aromatic N) is 3. The maximum absolute atomic E-state index is 13.7. The van der Waals surface area contributed by atoms with E-state index in [4.69, 9.17) is 5.11 Å². The lowest BCUT2D eigenvalue weighted by Crippen LogP contribution is -2.36. The van der Waals surface area contributed by atoms with Crippen LogP contribution in [0.5, 0.6) is 0 Å². The van der Waals surface area contributed by atoms with E-state index in [-0.39, 0.29) is 17.1 Å². The first-order valence-corrected chi connectivity index (χ1v) is 8.31. The van der Waals surface area contributed by atoms with E-state index in [1.54, 1.807) is 13.0 Å². The predicted octanol–water partition coefficient (Wildman–Crippen LogP) is 1.50. The molecule has 2 rings (SSSR count). The molecule has 0 amide bonds. The molecule has 2 aromatic rings. The Morgan fingerprint density at radius 1 is 1.39 bits per heavy atom. The maximum Gasteiger partial charge on any atom is 0.318 e. The second kappa shape index (κ2) is 6.88. The molecule has 23 heavy (non-hydrogen) atoms. The molecule has 7 nitrogen and oxygen atoms in total. The summed E-state index contributed by atoms with van der Waals surface area (Å²) in [4.78, 5) is 10.7. The lowest BCUT2D eigenvalue weighted by atomic mass is 10.3. The van der Waals surface area contributed by atoms with E-state index in [2.05, 4.69) is 5.10 Å². The number of benzene rings is 1. The van der Waals surface area contributed by atoms with Crippen molar-refractivity contribution >= 4 is 16.0 Å². The molecule has 0 fully saturated rings. The normalized spacial score (nSPS) is 11.8. The first-order valence-electron chi connectivity index (χ1n) is 6.87. The number of carboxylic acid groups (broad SMARTS) is 1. The van der Waals surface area contributed by atoms with Gasteiger partial charge in [-0.15, -0.1) is 0 Å². The van der Waals surface area contributed by atoms with Crippen LogP contribution < -0.4 is 0 Å². The fourth-order valence-corrected chi connectivity index (χ4v) is 3.46. The van der Waals surface area contributed by atoms with Gasteiger partial charge in [-0.2, -0.15) is 9.40 Å². The number of rotatable bonds is 7. The van der Waals surface area contributed by atoms with Crippen molar-refractivity contribution < 1.29 is 22.7 Å². The molecule has 124 valence electrons. The fourth-order valence-electron chi connectivity index (χ4n) is 2.04.